The molecule has 2 aliphatic rings. The molecule has 2 rings (SSSR count). The van der Waals surface area contributed by atoms with Gasteiger partial charge in [0.2, 0.25) is 0 Å². The summed E-state index contributed by atoms with van der Waals surface area (Å²) in [7, 11) is 3.57. The first kappa shape index (κ1) is 15.5. The lowest BCUT2D eigenvalue weighted by Gasteiger charge is -2.44. The number of hydrogen-bond donors (Lipinski definition) is 0. The fourth-order valence-electron chi connectivity index (χ4n) is 2.85. The van der Waals surface area contributed by atoms with Gasteiger partial charge in [-0.3, -0.25) is 4.90 Å². The van der Waals surface area contributed by atoms with Crippen molar-refractivity contribution in [1.82, 2.24) is 14.7 Å². The quantitative estimate of drug-likeness (QED) is 0.703. The Morgan fingerprint density at radius 1 is 1.20 bits per heavy atom. The SMILES string of the molecule is CC(C)N1CCOC[C@]2(CN(C(=O)N(C)C)CCO2)C1. The van der Waals surface area contributed by atoms with Crippen LogP contribution in [0.15, 0.2) is 0 Å². The summed E-state index contributed by atoms with van der Waals surface area (Å²) in [6, 6.07) is 0.505. The molecule has 0 aromatic rings. The number of rotatable bonds is 1. The van der Waals surface area contributed by atoms with Crippen LogP contribution in [0.2, 0.25) is 0 Å². The predicted molar refractivity (Wildman–Crippen MR) is 76.9 cm³/mol. The summed E-state index contributed by atoms with van der Waals surface area (Å²) in [5.74, 6) is 0. The molecule has 0 saturated carbocycles. The zero-order chi connectivity index (χ0) is 14.8. The largest absolute Gasteiger partial charge is 0.377 e. The van der Waals surface area contributed by atoms with Crippen LogP contribution in [0.5, 0.6) is 0 Å². The average molecular weight is 285 g/mol. The Balaban J connectivity index is 2.09. The number of morpholine rings is 1. The molecule has 2 aliphatic heterocycles. The second kappa shape index (κ2) is 6.28. The van der Waals surface area contributed by atoms with Crippen LogP contribution >= 0.6 is 0 Å². The molecule has 2 saturated heterocycles. The summed E-state index contributed by atoms with van der Waals surface area (Å²) in [5.41, 5.74) is -0.384. The third-order valence-corrected chi connectivity index (χ3v) is 4.01. The van der Waals surface area contributed by atoms with Gasteiger partial charge in [0, 0.05) is 39.8 Å². The molecule has 0 radical (unpaired) electrons. The summed E-state index contributed by atoms with van der Waals surface area (Å²) < 4.78 is 11.8. The normalized spacial score (nSPS) is 28.8. The lowest BCUT2D eigenvalue weighted by molar-refractivity contribution is -0.134. The van der Waals surface area contributed by atoms with Crippen LogP contribution in [-0.4, -0.2) is 92.5 Å². The molecule has 6 heteroatoms. The molecule has 2 fully saturated rings. The molecule has 116 valence electrons. The van der Waals surface area contributed by atoms with E-state index in [1.807, 2.05) is 4.90 Å². The van der Waals surface area contributed by atoms with Gasteiger partial charge in [-0.15, -0.1) is 0 Å². The van der Waals surface area contributed by atoms with Gasteiger partial charge in [-0.1, -0.05) is 0 Å². The van der Waals surface area contributed by atoms with Gasteiger partial charge in [0.15, 0.2) is 0 Å². The molecule has 1 atom stereocenters. The first-order valence-electron chi connectivity index (χ1n) is 7.35. The highest BCUT2D eigenvalue weighted by Gasteiger charge is 2.42. The van der Waals surface area contributed by atoms with Gasteiger partial charge in [0.05, 0.1) is 26.4 Å². The lowest BCUT2D eigenvalue weighted by atomic mass is 10.0. The van der Waals surface area contributed by atoms with E-state index in [2.05, 4.69) is 18.7 Å². The summed E-state index contributed by atoms with van der Waals surface area (Å²) in [6.45, 7) is 9.24. The molecule has 0 unspecified atom stereocenters. The maximum atomic E-state index is 12.2. The van der Waals surface area contributed by atoms with Gasteiger partial charge < -0.3 is 19.3 Å². The highest BCUT2D eigenvalue weighted by Crippen LogP contribution is 2.24. The van der Waals surface area contributed by atoms with E-state index in [1.165, 1.54) is 0 Å². The van der Waals surface area contributed by atoms with E-state index in [1.54, 1.807) is 19.0 Å². The van der Waals surface area contributed by atoms with Crippen LogP contribution in [0, 0.1) is 0 Å². The number of urea groups is 1. The van der Waals surface area contributed by atoms with Gasteiger partial charge in [-0.05, 0) is 13.8 Å². The topological polar surface area (TPSA) is 45.2 Å². The highest BCUT2D eigenvalue weighted by atomic mass is 16.5. The Kier molecular flexibility index (Phi) is 4.88. The molecular weight excluding hydrogens is 258 g/mol. The Labute approximate surface area is 121 Å². The molecule has 0 aromatic carbocycles. The van der Waals surface area contributed by atoms with E-state index in [0.717, 1.165) is 19.7 Å². The van der Waals surface area contributed by atoms with Crippen LogP contribution in [0.25, 0.3) is 0 Å². The number of ether oxygens (including phenoxy) is 2. The molecule has 20 heavy (non-hydrogen) atoms. The fraction of sp³-hybridized carbons (Fsp3) is 0.929. The Morgan fingerprint density at radius 3 is 2.60 bits per heavy atom. The van der Waals surface area contributed by atoms with Crippen LogP contribution in [0.4, 0.5) is 4.79 Å². The Morgan fingerprint density at radius 2 is 1.95 bits per heavy atom. The number of hydrogen-bond acceptors (Lipinski definition) is 4. The van der Waals surface area contributed by atoms with E-state index >= 15 is 0 Å². The van der Waals surface area contributed by atoms with Crippen molar-refractivity contribution >= 4 is 6.03 Å². The smallest absolute Gasteiger partial charge is 0.319 e. The molecule has 0 bridgehead atoms. The first-order chi connectivity index (χ1) is 9.43. The van der Waals surface area contributed by atoms with Gasteiger partial charge >= 0.3 is 6.03 Å². The highest BCUT2D eigenvalue weighted by molar-refractivity contribution is 5.74. The second-order valence-corrected chi connectivity index (χ2v) is 6.25. The van der Waals surface area contributed by atoms with Gasteiger partial charge in [-0.2, -0.15) is 0 Å². The minimum atomic E-state index is -0.384. The van der Waals surface area contributed by atoms with Crippen molar-refractivity contribution in [1.29, 1.82) is 0 Å². The first-order valence-corrected chi connectivity index (χ1v) is 7.35. The summed E-state index contributed by atoms with van der Waals surface area (Å²) in [5, 5.41) is 0. The van der Waals surface area contributed by atoms with Crippen LogP contribution in [0.3, 0.4) is 0 Å². The minimum Gasteiger partial charge on any atom is -0.377 e. The number of carbonyl (C=O) groups excluding carboxylic acids is 1. The molecule has 0 N–H and O–H groups in total. The van der Waals surface area contributed by atoms with Crippen molar-refractivity contribution in [2.75, 3.05) is 60.1 Å². The number of amides is 2. The molecular formula is C14H27N3O3. The second-order valence-electron chi connectivity index (χ2n) is 6.25. The monoisotopic (exact) mass is 285 g/mol. The number of carbonyl (C=O) groups is 1. The third-order valence-electron chi connectivity index (χ3n) is 4.01. The lowest BCUT2D eigenvalue weighted by Crippen LogP contribution is -2.61. The summed E-state index contributed by atoms with van der Waals surface area (Å²) >= 11 is 0. The van der Waals surface area contributed by atoms with E-state index in [4.69, 9.17) is 9.47 Å². The standard InChI is InChI=1S/C14H27N3O3/c1-12(2)16-5-7-19-11-14(9-16)10-17(6-8-20-14)13(18)15(3)4/h12H,5-11H2,1-4H3/t14-/m1/s1. The van der Waals surface area contributed by atoms with E-state index < -0.39 is 0 Å². The van der Waals surface area contributed by atoms with E-state index in [-0.39, 0.29) is 11.6 Å². The van der Waals surface area contributed by atoms with Crippen molar-refractivity contribution < 1.29 is 14.3 Å². The molecule has 6 nitrogen and oxygen atoms in total. The van der Waals surface area contributed by atoms with Crippen molar-refractivity contribution in [3.05, 3.63) is 0 Å². The van der Waals surface area contributed by atoms with Crippen LogP contribution in [0.1, 0.15) is 13.8 Å². The maximum Gasteiger partial charge on any atom is 0.319 e. The van der Waals surface area contributed by atoms with Gasteiger partial charge in [0.1, 0.15) is 5.60 Å². The van der Waals surface area contributed by atoms with E-state index in [9.17, 15) is 4.79 Å². The van der Waals surface area contributed by atoms with Crippen molar-refractivity contribution in [3.63, 3.8) is 0 Å². The third kappa shape index (κ3) is 3.42. The number of nitrogens with zero attached hydrogens (tertiary/aromatic N) is 3. The van der Waals surface area contributed by atoms with Gasteiger partial charge in [-0.25, -0.2) is 4.79 Å². The van der Waals surface area contributed by atoms with E-state index in [0.29, 0.717) is 32.3 Å². The van der Waals surface area contributed by atoms with Crippen molar-refractivity contribution in [3.8, 4) is 0 Å². The molecule has 2 heterocycles. The maximum absolute atomic E-state index is 12.2. The summed E-state index contributed by atoms with van der Waals surface area (Å²) in [6.07, 6.45) is 0. The zero-order valence-electron chi connectivity index (χ0n) is 13.1. The van der Waals surface area contributed by atoms with Crippen molar-refractivity contribution in [2.45, 2.75) is 25.5 Å². The molecule has 0 aromatic heterocycles. The van der Waals surface area contributed by atoms with Crippen LogP contribution in [-0.2, 0) is 9.47 Å². The van der Waals surface area contributed by atoms with Gasteiger partial charge in [0.25, 0.3) is 0 Å². The van der Waals surface area contributed by atoms with Crippen molar-refractivity contribution in [2.24, 2.45) is 0 Å². The fourth-order valence-corrected chi connectivity index (χ4v) is 2.85. The predicted octanol–water partition coefficient (Wildman–Crippen LogP) is 0.480. The zero-order valence-corrected chi connectivity index (χ0v) is 13.1. The molecule has 0 aliphatic carbocycles. The Hall–Kier alpha value is -0.850. The average Bonchev–Trinajstić information content (AvgIpc) is 2.61. The molecule has 2 amide bonds. The molecule has 1 spiro atoms. The van der Waals surface area contributed by atoms with Crippen LogP contribution < -0.4 is 0 Å². The minimum absolute atomic E-state index is 0.0491. The summed E-state index contributed by atoms with van der Waals surface area (Å²) in [4.78, 5) is 18.0. The Bertz CT molecular complexity index is 349.